The predicted octanol–water partition coefficient (Wildman–Crippen LogP) is 2.20. The number of sulfonamides is 1. The lowest BCUT2D eigenvalue weighted by Crippen LogP contribution is -2.66. The minimum Gasteiger partial charge on any atom is -0.381 e. The van der Waals surface area contributed by atoms with Gasteiger partial charge in [0, 0.05) is 32.2 Å². The molecule has 3 aliphatic rings. The maximum Gasteiger partial charge on any atom is 0.243 e. The highest BCUT2D eigenvalue weighted by atomic mass is 32.2. The molecule has 1 spiro atoms. The number of aryl methyl sites for hydroxylation is 1. The van der Waals surface area contributed by atoms with Gasteiger partial charge in [0.2, 0.25) is 10.0 Å². The van der Waals surface area contributed by atoms with Crippen molar-refractivity contribution in [2.24, 2.45) is 11.8 Å². The van der Waals surface area contributed by atoms with E-state index < -0.39 is 10.0 Å². The lowest BCUT2D eigenvalue weighted by molar-refractivity contribution is -0.114. The van der Waals surface area contributed by atoms with E-state index in [1.807, 2.05) is 19.1 Å². The zero-order valence-corrected chi connectivity index (χ0v) is 14.9. The third kappa shape index (κ3) is 3.01. The molecule has 2 saturated heterocycles. The molecule has 0 bridgehead atoms. The molecular formula is C18H25NO4S. The summed E-state index contributed by atoms with van der Waals surface area (Å²) in [5, 5.41) is 0. The van der Waals surface area contributed by atoms with Gasteiger partial charge in [0.05, 0.1) is 11.5 Å². The van der Waals surface area contributed by atoms with Crippen LogP contribution in [0.4, 0.5) is 0 Å². The largest absolute Gasteiger partial charge is 0.381 e. The molecule has 1 atom stereocenters. The summed E-state index contributed by atoms with van der Waals surface area (Å²) < 4.78 is 38.8. The number of hydrogen-bond donors (Lipinski definition) is 0. The maximum atomic E-state index is 12.7. The number of ether oxygens (including phenoxy) is 2. The predicted molar refractivity (Wildman–Crippen MR) is 90.3 cm³/mol. The van der Waals surface area contributed by atoms with Crippen LogP contribution in [0.15, 0.2) is 29.2 Å². The Labute approximate surface area is 144 Å². The van der Waals surface area contributed by atoms with E-state index in [1.165, 1.54) is 17.1 Å². The van der Waals surface area contributed by atoms with E-state index in [-0.39, 0.29) is 5.60 Å². The molecule has 0 aromatic heterocycles. The van der Waals surface area contributed by atoms with Crippen molar-refractivity contribution in [2.45, 2.75) is 36.7 Å². The summed E-state index contributed by atoms with van der Waals surface area (Å²) in [6, 6.07) is 7.04. The van der Waals surface area contributed by atoms with Crippen LogP contribution >= 0.6 is 0 Å². The van der Waals surface area contributed by atoms with Crippen molar-refractivity contribution in [3.05, 3.63) is 29.8 Å². The van der Waals surface area contributed by atoms with Gasteiger partial charge in [-0.25, -0.2) is 8.42 Å². The smallest absolute Gasteiger partial charge is 0.243 e. The van der Waals surface area contributed by atoms with E-state index in [1.54, 1.807) is 12.1 Å². The Bertz CT molecular complexity index is 690. The van der Waals surface area contributed by atoms with Crippen molar-refractivity contribution in [3.63, 3.8) is 0 Å². The van der Waals surface area contributed by atoms with Crippen LogP contribution in [0.3, 0.4) is 0 Å². The monoisotopic (exact) mass is 351 g/mol. The van der Waals surface area contributed by atoms with Gasteiger partial charge in [-0.3, -0.25) is 0 Å². The van der Waals surface area contributed by atoms with Gasteiger partial charge in [-0.15, -0.1) is 0 Å². The molecule has 0 N–H and O–H groups in total. The lowest BCUT2D eigenvalue weighted by Gasteiger charge is -2.49. The highest BCUT2D eigenvalue weighted by Gasteiger charge is 2.56. The Morgan fingerprint density at radius 3 is 2.54 bits per heavy atom. The van der Waals surface area contributed by atoms with Gasteiger partial charge in [0.15, 0.2) is 0 Å². The summed E-state index contributed by atoms with van der Waals surface area (Å²) in [6.45, 7) is 5.08. The van der Waals surface area contributed by atoms with E-state index >= 15 is 0 Å². The van der Waals surface area contributed by atoms with Gasteiger partial charge in [-0.1, -0.05) is 17.7 Å². The van der Waals surface area contributed by atoms with Gasteiger partial charge in [-0.2, -0.15) is 4.31 Å². The molecule has 132 valence electrons. The van der Waals surface area contributed by atoms with E-state index in [0.717, 1.165) is 24.5 Å². The van der Waals surface area contributed by atoms with Crippen LogP contribution in [0.2, 0.25) is 0 Å². The third-order valence-electron chi connectivity index (χ3n) is 5.52. The first kappa shape index (κ1) is 16.5. The third-order valence-corrected chi connectivity index (χ3v) is 7.32. The quantitative estimate of drug-likeness (QED) is 0.788. The van der Waals surface area contributed by atoms with Crippen LogP contribution in [-0.2, 0) is 19.5 Å². The molecule has 0 amide bonds. The average Bonchev–Trinajstić information content (AvgIpc) is 3.23. The van der Waals surface area contributed by atoms with Gasteiger partial charge in [0.25, 0.3) is 0 Å². The van der Waals surface area contributed by atoms with Crippen LogP contribution in [0.25, 0.3) is 0 Å². The first-order valence-corrected chi connectivity index (χ1v) is 10.2. The lowest BCUT2D eigenvalue weighted by atomic mass is 9.83. The van der Waals surface area contributed by atoms with Gasteiger partial charge < -0.3 is 9.47 Å². The Morgan fingerprint density at radius 1 is 1.17 bits per heavy atom. The van der Waals surface area contributed by atoms with E-state index in [2.05, 4.69) is 0 Å². The number of benzene rings is 1. The number of hydrogen-bond acceptors (Lipinski definition) is 4. The first-order chi connectivity index (χ1) is 11.5. The molecule has 1 saturated carbocycles. The molecule has 1 aliphatic carbocycles. The summed E-state index contributed by atoms with van der Waals surface area (Å²) in [5.74, 6) is 1.06. The van der Waals surface area contributed by atoms with Gasteiger partial charge in [0.1, 0.15) is 5.60 Å². The minimum absolute atomic E-state index is 0.306. The zero-order chi connectivity index (χ0) is 16.8. The summed E-state index contributed by atoms with van der Waals surface area (Å²) >= 11 is 0. The van der Waals surface area contributed by atoms with Crippen LogP contribution in [-0.4, -0.2) is 51.2 Å². The molecule has 4 rings (SSSR count). The summed E-state index contributed by atoms with van der Waals surface area (Å²) in [5.41, 5.74) is 0.724. The normalized spacial score (nSPS) is 26.6. The average molecular weight is 351 g/mol. The second-order valence-corrected chi connectivity index (χ2v) is 9.40. The second-order valence-electron chi connectivity index (χ2n) is 7.47. The molecule has 0 unspecified atom stereocenters. The second kappa shape index (κ2) is 6.09. The number of rotatable bonds is 6. The van der Waals surface area contributed by atoms with Crippen molar-refractivity contribution in [1.29, 1.82) is 0 Å². The van der Waals surface area contributed by atoms with E-state index in [9.17, 15) is 8.42 Å². The first-order valence-electron chi connectivity index (χ1n) is 8.78. The van der Waals surface area contributed by atoms with Gasteiger partial charge >= 0.3 is 0 Å². The van der Waals surface area contributed by atoms with Crippen molar-refractivity contribution < 1.29 is 17.9 Å². The van der Waals surface area contributed by atoms with Gasteiger partial charge in [-0.05, 0) is 44.2 Å². The zero-order valence-electron chi connectivity index (χ0n) is 14.1. The molecule has 0 radical (unpaired) electrons. The number of nitrogens with zero attached hydrogens (tertiary/aromatic N) is 1. The fourth-order valence-electron chi connectivity index (χ4n) is 3.61. The molecule has 1 aromatic rings. The highest BCUT2D eigenvalue weighted by molar-refractivity contribution is 7.89. The minimum atomic E-state index is -3.42. The molecular weight excluding hydrogens is 326 g/mol. The SMILES string of the molecule is Cc1ccc(S(=O)(=O)N2CC3(C2)OCC[C@H]3COCC2CC2)cc1. The van der Waals surface area contributed by atoms with Crippen LogP contribution in [0.1, 0.15) is 24.8 Å². The fourth-order valence-corrected chi connectivity index (χ4v) is 5.17. The van der Waals surface area contributed by atoms with E-state index in [0.29, 0.717) is 37.1 Å². The van der Waals surface area contributed by atoms with E-state index in [4.69, 9.17) is 9.47 Å². The maximum absolute atomic E-state index is 12.7. The molecule has 6 heteroatoms. The summed E-state index contributed by atoms with van der Waals surface area (Å²) in [7, 11) is -3.42. The summed E-state index contributed by atoms with van der Waals surface area (Å²) in [6.07, 6.45) is 3.53. The van der Waals surface area contributed by atoms with Crippen LogP contribution in [0, 0.1) is 18.8 Å². The highest BCUT2D eigenvalue weighted by Crippen LogP contribution is 2.42. The molecule has 1 aromatic carbocycles. The molecule has 3 fully saturated rings. The topological polar surface area (TPSA) is 55.8 Å². The Kier molecular flexibility index (Phi) is 4.19. The Hall–Kier alpha value is -0.950. The summed E-state index contributed by atoms with van der Waals surface area (Å²) in [4.78, 5) is 0.363. The Morgan fingerprint density at radius 2 is 1.88 bits per heavy atom. The van der Waals surface area contributed by atoms with Crippen molar-refractivity contribution >= 4 is 10.0 Å². The van der Waals surface area contributed by atoms with Crippen LogP contribution in [0.5, 0.6) is 0 Å². The van der Waals surface area contributed by atoms with Crippen molar-refractivity contribution in [2.75, 3.05) is 32.9 Å². The fraction of sp³-hybridized carbons (Fsp3) is 0.667. The van der Waals surface area contributed by atoms with Crippen molar-refractivity contribution in [3.8, 4) is 0 Å². The standard InChI is InChI=1S/C18H25NO4S/c1-14-2-6-17(7-3-14)24(20,21)19-12-18(13-19)16(8-9-23-18)11-22-10-15-4-5-15/h2-3,6-7,15-16H,4-5,8-13H2,1H3/t16-/m0/s1. The molecule has 2 heterocycles. The van der Waals surface area contributed by atoms with Crippen LogP contribution < -0.4 is 0 Å². The van der Waals surface area contributed by atoms with Crippen molar-refractivity contribution in [1.82, 2.24) is 4.31 Å². The molecule has 2 aliphatic heterocycles. The molecule has 5 nitrogen and oxygen atoms in total. The Balaban J connectivity index is 1.39. The molecule has 24 heavy (non-hydrogen) atoms.